The van der Waals surface area contributed by atoms with Crippen molar-refractivity contribution in [2.45, 2.75) is 33.6 Å². The fourth-order valence-electron chi connectivity index (χ4n) is 4.75. The predicted molar refractivity (Wildman–Crippen MR) is 131 cm³/mol. The van der Waals surface area contributed by atoms with Crippen molar-refractivity contribution in [3.05, 3.63) is 77.7 Å². The quantitative estimate of drug-likeness (QED) is 0.274. The van der Waals surface area contributed by atoms with E-state index in [0.717, 1.165) is 50.0 Å². The van der Waals surface area contributed by atoms with Gasteiger partial charge in [0, 0.05) is 32.8 Å². The normalized spacial score (nSPS) is 12.0. The first-order chi connectivity index (χ1) is 15.5. The highest BCUT2D eigenvalue weighted by Crippen LogP contribution is 2.39. The Morgan fingerprint density at radius 2 is 1.56 bits per heavy atom. The number of benzene rings is 3. The second kappa shape index (κ2) is 6.86. The molecule has 3 aromatic carbocycles. The zero-order valence-corrected chi connectivity index (χ0v) is 18.6. The van der Waals surface area contributed by atoms with E-state index in [-0.39, 0.29) is 0 Å². The van der Waals surface area contributed by atoms with Gasteiger partial charge in [-0.25, -0.2) is 15.0 Å². The van der Waals surface area contributed by atoms with Crippen LogP contribution in [-0.4, -0.2) is 15.0 Å². The van der Waals surface area contributed by atoms with Crippen molar-refractivity contribution in [2.24, 2.45) is 0 Å². The monoisotopic (exact) mass is 417 g/mol. The standard InChI is InChI=1S/C28H23N3O/c1-15(2)19-8-5-7-18-12-14-22-25(30-17(4)31-26(22)24(18)19)23-10-6-9-20-21-13-11-16(3)29-28(21)32-27(20)23/h5-15H,1-4H3. The molecule has 6 aromatic rings. The summed E-state index contributed by atoms with van der Waals surface area (Å²) in [5.41, 5.74) is 6.58. The van der Waals surface area contributed by atoms with Crippen molar-refractivity contribution < 1.29 is 4.42 Å². The molecule has 0 fully saturated rings. The van der Waals surface area contributed by atoms with E-state index in [1.165, 1.54) is 16.3 Å². The minimum absolute atomic E-state index is 0.399. The van der Waals surface area contributed by atoms with Crippen LogP contribution in [0.3, 0.4) is 0 Å². The van der Waals surface area contributed by atoms with Crippen molar-refractivity contribution in [1.29, 1.82) is 0 Å². The molecule has 3 aromatic heterocycles. The first-order valence-corrected chi connectivity index (χ1v) is 11.0. The van der Waals surface area contributed by atoms with Gasteiger partial charge in [0.25, 0.3) is 0 Å². The molecule has 0 aliphatic rings. The summed E-state index contributed by atoms with van der Waals surface area (Å²) in [6, 6.07) is 21.1. The van der Waals surface area contributed by atoms with E-state index in [1.807, 2.05) is 19.9 Å². The summed E-state index contributed by atoms with van der Waals surface area (Å²) in [7, 11) is 0. The highest BCUT2D eigenvalue weighted by Gasteiger charge is 2.19. The molecular formula is C28H23N3O. The molecule has 4 nitrogen and oxygen atoms in total. The molecule has 0 radical (unpaired) electrons. The number of hydrogen-bond acceptors (Lipinski definition) is 4. The lowest BCUT2D eigenvalue weighted by atomic mass is 9.93. The van der Waals surface area contributed by atoms with Crippen LogP contribution in [0.2, 0.25) is 0 Å². The third kappa shape index (κ3) is 2.72. The maximum atomic E-state index is 6.29. The van der Waals surface area contributed by atoms with Gasteiger partial charge in [0.05, 0.1) is 11.2 Å². The summed E-state index contributed by atoms with van der Waals surface area (Å²) < 4.78 is 6.29. The van der Waals surface area contributed by atoms with Gasteiger partial charge >= 0.3 is 0 Å². The Balaban J connectivity index is 1.75. The van der Waals surface area contributed by atoms with Gasteiger partial charge in [-0.3, -0.25) is 0 Å². The largest absolute Gasteiger partial charge is 0.437 e. The van der Waals surface area contributed by atoms with Gasteiger partial charge in [-0.15, -0.1) is 0 Å². The van der Waals surface area contributed by atoms with Crippen LogP contribution in [0.5, 0.6) is 0 Å². The van der Waals surface area contributed by atoms with E-state index in [9.17, 15) is 0 Å². The number of para-hydroxylation sites is 1. The summed E-state index contributed by atoms with van der Waals surface area (Å²) in [5.74, 6) is 1.15. The number of pyridine rings is 1. The Morgan fingerprint density at radius 3 is 2.41 bits per heavy atom. The zero-order valence-electron chi connectivity index (χ0n) is 18.6. The van der Waals surface area contributed by atoms with Crippen molar-refractivity contribution in [1.82, 2.24) is 15.0 Å². The minimum Gasteiger partial charge on any atom is -0.437 e. The van der Waals surface area contributed by atoms with E-state index >= 15 is 0 Å². The Labute approximate surface area is 185 Å². The maximum Gasteiger partial charge on any atom is 0.227 e. The van der Waals surface area contributed by atoms with Crippen LogP contribution < -0.4 is 0 Å². The number of hydrogen-bond donors (Lipinski definition) is 0. The number of aryl methyl sites for hydroxylation is 2. The third-order valence-electron chi connectivity index (χ3n) is 6.23. The smallest absolute Gasteiger partial charge is 0.227 e. The fourth-order valence-corrected chi connectivity index (χ4v) is 4.75. The van der Waals surface area contributed by atoms with Gasteiger partial charge in [0.2, 0.25) is 5.71 Å². The molecule has 0 unspecified atom stereocenters. The van der Waals surface area contributed by atoms with Gasteiger partial charge in [-0.2, -0.15) is 0 Å². The molecule has 0 N–H and O–H groups in total. The summed E-state index contributed by atoms with van der Waals surface area (Å²) in [6.07, 6.45) is 0. The summed E-state index contributed by atoms with van der Waals surface area (Å²) in [6.45, 7) is 8.40. The van der Waals surface area contributed by atoms with E-state index in [2.05, 4.69) is 73.4 Å². The lowest BCUT2D eigenvalue weighted by molar-refractivity contribution is 0.653. The molecule has 0 amide bonds. The van der Waals surface area contributed by atoms with E-state index in [1.54, 1.807) is 0 Å². The van der Waals surface area contributed by atoms with Crippen molar-refractivity contribution in [3.8, 4) is 11.3 Å². The fraction of sp³-hybridized carbons (Fsp3) is 0.179. The maximum absolute atomic E-state index is 6.29. The molecule has 0 aliphatic heterocycles. The Hall–Kier alpha value is -3.79. The molecule has 32 heavy (non-hydrogen) atoms. The zero-order chi connectivity index (χ0) is 22.0. The van der Waals surface area contributed by atoms with Crippen LogP contribution in [0.25, 0.3) is 55.0 Å². The molecule has 0 spiro atoms. The van der Waals surface area contributed by atoms with Crippen LogP contribution in [0.15, 0.2) is 65.1 Å². The molecular weight excluding hydrogens is 394 g/mol. The molecule has 0 atom stereocenters. The molecule has 0 saturated carbocycles. The van der Waals surface area contributed by atoms with Gasteiger partial charge in [0.15, 0.2) is 0 Å². The van der Waals surface area contributed by atoms with Crippen molar-refractivity contribution in [2.75, 3.05) is 0 Å². The molecule has 0 bridgehead atoms. The van der Waals surface area contributed by atoms with Crippen LogP contribution in [0.1, 0.15) is 36.8 Å². The summed E-state index contributed by atoms with van der Waals surface area (Å²) in [4.78, 5) is 14.4. The molecule has 0 saturated heterocycles. The SMILES string of the molecule is Cc1ccc2c(n1)oc1c(-c3nc(C)nc4c3ccc3cccc(C(C)C)c34)cccc12. The first kappa shape index (κ1) is 18.9. The highest BCUT2D eigenvalue weighted by atomic mass is 16.3. The highest BCUT2D eigenvalue weighted by molar-refractivity contribution is 6.14. The molecule has 6 rings (SSSR count). The van der Waals surface area contributed by atoms with E-state index < -0.39 is 0 Å². The summed E-state index contributed by atoms with van der Waals surface area (Å²) in [5, 5.41) is 5.52. The number of rotatable bonds is 2. The van der Waals surface area contributed by atoms with E-state index in [0.29, 0.717) is 11.6 Å². The number of fused-ring (bicyclic) bond motifs is 6. The molecule has 0 aliphatic carbocycles. The molecule has 156 valence electrons. The second-order valence-electron chi connectivity index (χ2n) is 8.77. The first-order valence-electron chi connectivity index (χ1n) is 11.0. The third-order valence-corrected chi connectivity index (χ3v) is 6.23. The Morgan fingerprint density at radius 1 is 0.750 bits per heavy atom. The van der Waals surface area contributed by atoms with Gasteiger partial charge < -0.3 is 4.42 Å². The lowest BCUT2D eigenvalue weighted by Gasteiger charge is -2.14. The summed E-state index contributed by atoms with van der Waals surface area (Å²) >= 11 is 0. The number of nitrogens with zero attached hydrogens (tertiary/aromatic N) is 3. The van der Waals surface area contributed by atoms with E-state index in [4.69, 9.17) is 14.4 Å². The van der Waals surface area contributed by atoms with Gasteiger partial charge in [-0.05, 0) is 55.0 Å². The average Bonchev–Trinajstić information content (AvgIpc) is 3.15. The topological polar surface area (TPSA) is 51.8 Å². The number of aromatic nitrogens is 3. The van der Waals surface area contributed by atoms with Crippen molar-refractivity contribution >= 4 is 43.7 Å². The molecule has 4 heteroatoms. The van der Waals surface area contributed by atoms with Gasteiger partial charge in [0.1, 0.15) is 11.4 Å². The Kier molecular flexibility index (Phi) is 4.06. The molecule has 3 heterocycles. The van der Waals surface area contributed by atoms with Crippen molar-refractivity contribution in [3.63, 3.8) is 0 Å². The van der Waals surface area contributed by atoms with Crippen LogP contribution >= 0.6 is 0 Å². The van der Waals surface area contributed by atoms with Gasteiger partial charge in [-0.1, -0.05) is 50.2 Å². The minimum atomic E-state index is 0.399. The Bertz CT molecular complexity index is 1680. The van der Waals surface area contributed by atoms with Crippen LogP contribution in [0, 0.1) is 13.8 Å². The number of furan rings is 1. The second-order valence-corrected chi connectivity index (χ2v) is 8.77. The predicted octanol–water partition coefficient (Wildman–Crippen LogP) is 7.48. The van der Waals surface area contributed by atoms with Crippen LogP contribution in [-0.2, 0) is 0 Å². The average molecular weight is 418 g/mol. The lowest BCUT2D eigenvalue weighted by Crippen LogP contribution is -1.97. The van der Waals surface area contributed by atoms with Crippen LogP contribution in [0.4, 0.5) is 0 Å².